The van der Waals surface area contributed by atoms with Crippen molar-refractivity contribution in [1.82, 2.24) is 0 Å². The fourth-order valence-corrected chi connectivity index (χ4v) is 3.26. The van der Waals surface area contributed by atoms with Gasteiger partial charge < -0.3 is 28.4 Å². The molecule has 0 amide bonds. The second kappa shape index (κ2) is 11.2. The summed E-state index contributed by atoms with van der Waals surface area (Å²) in [6, 6.07) is 2.50. The van der Waals surface area contributed by atoms with Gasteiger partial charge in [0, 0.05) is 21.0 Å². The Bertz CT molecular complexity index is 1140. The van der Waals surface area contributed by atoms with Crippen molar-refractivity contribution >= 4 is 23.3 Å². The van der Waals surface area contributed by atoms with E-state index in [0.717, 1.165) is 14.2 Å². The van der Waals surface area contributed by atoms with Crippen LogP contribution in [0, 0.1) is 0 Å². The van der Waals surface area contributed by atoms with E-state index in [0.29, 0.717) is 0 Å². The Morgan fingerprint density at radius 3 is 1.26 bits per heavy atom. The topological polar surface area (TPSA) is 187 Å². The molecule has 0 unspecified atom stereocenters. The molecule has 2 aromatic carbocycles. The first-order valence-electron chi connectivity index (χ1n) is 9.23. The van der Waals surface area contributed by atoms with Gasteiger partial charge in [-0.3, -0.25) is 0 Å². The van der Waals surface area contributed by atoms with Crippen molar-refractivity contribution in [3.8, 4) is 34.1 Å². The molecule has 0 aliphatic heterocycles. The molecular weight excluding hydrogens is 452 g/mol. The number of esters is 2. The van der Waals surface area contributed by atoms with Crippen LogP contribution in [0.15, 0.2) is 22.4 Å². The number of methoxy groups -OCH3 is 6. The molecule has 0 saturated carbocycles. The van der Waals surface area contributed by atoms with Crippen molar-refractivity contribution in [2.24, 2.45) is 10.2 Å². The van der Waals surface area contributed by atoms with Crippen LogP contribution in [-0.2, 0) is 9.47 Å². The van der Waals surface area contributed by atoms with Gasteiger partial charge in [0.25, 0.3) is 0 Å². The van der Waals surface area contributed by atoms with Crippen molar-refractivity contribution in [2.75, 3.05) is 42.7 Å². The lowest BCUT2D eigenvalue weighted by molar-refractivity contribution is 0.0592. The first-order chi connectivity index (χ1) is 16.4. The number of rotatable bonds is 9. The number of benzene rings is 2. The third kappa shape index (κ3) is 4.39. The highest BCUT2D eigenvalue weighted by molar-refractivity contribution is 6.08. The highest BCUT2D eigenvalue weighted by Gasteiger charge is 2.32. The van der Waals surface area contributed by atoms with Crippen LogP contribution in [0.3, 0.4) is 0 Å². The molecule has 14 nitrogen and oxygen atoms in total. The standard InChI is InChI=1S/C20H20N6O8/c1-29-11-7-9(19(27)33-5)15(23-25-21)13(17(11)31-3)14-16(24-26-22)10(20(28)34-6)8-12(30-2)18(14)32-4/h7-8H,1-6H3. The lowest BCUT2D eigenvalue weighted by Gasteiger charge is -2.22. The van der Waals surface area contributed by atoms with E-state index >= 15 is 0 Å². The van der Waals surface area contributed by atoms with Gasteiger partial charge >= 0.3 is 11.9 Å². The van der Waals surface area contributed by atoms with E-state index in [-0.39, 0.29) is 56.6 Å². The molecule has 14 heteroatoms. The van der Waals surface area contributed by atoms with Crippen LogP contribution >= 0.6 is 0 Å². The van der Waals surface area contributed by atoms with E-state index in [1.807, 2.05) is 0 Å². The summed E-state index contributed by atoms with van der Waals surface area (Å²) in [6.45, 7) is 0. The summed E-state index contributed by atoms with van der Waals surface area (Å²) in [5.74, 6) is -1.74. The highest BCUT2D eigenvalue weighted by atomic mass is 16.5. The Labute approximate surface area is 193 Å². The van der Waals surface area contributed by atoms with Gasteiger partial charge in [-0.1, -0.05) is 10.2 Å². The van der Waals surface area contributed by atoms with Crippen LogP contribution in [0.4, 0.5) is 11.4 Å². The maximum Gasteiger partial charge on any atom is 0.338 e. The predicted octanol–water partition coefficient (Wildman–Crippen LogP) is 4.84. The van der Waals surface area contributed by atoms with E-state index in [1.165, 1.54) is 40.6 Å². The van der Waals surface area contributed by atoms with E-state index in [9.17, 15) is 20.7 Å². The molecule has 0 bridgehead atoms. The first-order valence-corrected chi connectivity index (χ1v) is 9.23. The van der Waals surface area contributed by atoms with E-state index in [4.69, 9.17) is 28.4 Å². The molecule has 0 fully saturated rings. The van der Waals surface area contributed by atoms with Crippen LogP contribution < -0.4 is 18.9 Å². The molecule has 178 valence electrons. The number of hydrogen-bond acceptors (Lipinski definition) is 10. The number of carbonyl (C=O) groups is 2. The lowest BCUT2D eigenvalue weighted by atomic mass is 9.93. The minimum atomic E-state index is -0.870. The molecule has 0 atom stereocenters. The summed E-state index contributed by atoms with van der Waals surface area (Å²) < 4.78 is 31.4. The van der Waals surface area contributed by atoms with Crippen molar-refractivity contribution < 1.29 is 38.0 Å². The Balaban J connectivity index is 3.38. The third-order valence-corrected chi connectivity index (χ3v) is 4.63. The molecule has 0 spiro atoms. The molecule has 0 aliphatic rings. The summed E-state index contributed by atoms with van der Waals surface area (Å²) in [6.07, 6.45) is 0. The molecule has 2 rings (SSSR count). The van der Waals surface area contributed by atoms with Crippen molar-refractivity contribution in [3.63, 3.8) is 0 Å². The van der Waals surface area contributed by atoms with Crippen LogP contribution in [0.25, 0.3) is 32.0 Å². The number of hydrogen-bond donors (Lipinski definition) is 0. The Morgan fingerprint density at radius 1 is 0.676 bits per heavy atom. The summed E-state index contributed by atoms with van der Waals surface area (Å²) >= 11 is 0. The van der Waals surface area contributed by atoms with Gasteiger partial charge in [-0.15, -0.1) is 0 Å². The smallest absolute Gasteiger partial charge is 0.338 e. The Morgan fingerprint density at radius 2 is 1.03 bits per heavy atom. The zero-order valence-electron chi connectivity index (χ0n) is 19.1. The summed E-state index contributed by atoms with van der Waals surface area (Å²) in [4.78, 5) is 30.7. The van der Waals surface area contributed by atoms with Crippen LogP contribution in [0.5, 0.6) is 23.0 Å². The number of azide groups is 2. The largest absolute Gasteiger partial charge is 0.493 e. The fourth-order valence-electron chi connectivity index (χ4n) is 3.26. The first kappa shape index (κ1) is 25.5. The van der Waals surface area contributed by atoms with Gasteiger partial charge in [0.2, 0.25) is 0 Å². The SMILES string of the molecule is COC(=O)c1cc(OC)c(OC)c(-c2c(N=[N+]=[N-])c(C(=O)OC)cc(OC)c2OC)c1N=[N+]=[N-]. The minimum Gasteiger partial charge on any atom is -0.493 e. The third-order valence-electron chi connectivity index (χ3n) is 4.63. The Hall–Kier alpha value is -4.80. The minimum absolute atomic E-state index is 0.0330. The van der Waals surface area contributed by atoms with E-state index in [2.05, 4.69) is 20.1 Å². The summed E-state index contributed by atoms with van der Waals surface area (Å²) in [5.41, 5.74) is 17.4. The van der Waals surface area contributed by atoms with Crippen LogP contribution in [0.1, 0.15) is 20.7 Å². The quantitative estimate of drug-likeness (QED) is 0.214. The molecule has 0 saturated heterocycles. The highest BCUT2D eigenvalue weighted by Crippen LogP contribution is 2.56. The van der Waals surface area contributed by atoms with Gasteiger partial charge in [-0.25, -0.2) is 9.59 Å². The lowest BCUT2D eigenvalue weighted by Crippen LogP contribution is -2.08. The van der Waals surface area contributed by atoms with Gasteiger partial charge in [0.1, 0.15) is 0 Å². The monoisotopic (exact) mass is 472 g/mol. The van der Waals surface area contributed by atoms with Crippen LogP contribution in [0.2, 0.25) is 0 Å². The molecule has 0 radical (unpaired) electrons. The number of carbonyl (C=O) groups excluding carboxylic acids is 2. The molecule has 34 heavy (non-hydrogen) atoms. The molecule has 0 heterocycles. The summed E-state index contributed by atoms with van der Waals surface area (Å²) in [5, 5.41) is 7.32. The second-order valence-electron chi connectivity index (χ2n) is 6.13. The van der Waals surface area contributed by atoms with Crippen molar-refractivity contribution in [3.05, 3.63) is 44.1 Å². The van der Waals surface area contributed by atoms with Gasteiger partial charge in [-0.2, -0.15) is 0 Å². The molecule has 0 aromatic heterocycles. The van der Waals surface area contributed by atoms with Gasteiger partial charge in [0.15, 0.2) is 23.0 Å². The second-order valence-corrected chi connectivity index (χ2v) is 6.13. The fraction of sp³-hybridized carbons (Fsp3) is 0.300. The number of ether oxygens (including phenoxy) is 6. The average molecular weight is 472 g/mol. The Kier molecular flexibility index (Phi) is 8.37. The maximum absolute atomic E-state index is 12.6. The molecule has 0 N–H and O–H groups in total. The van der Waals surface area contributed by atoms with E-state index < -0.39 is 11.9 Å². The average Bonchev–Trinajstić information content (AvgIpc) is 2.86. The predicted molar refractivity (Wildman–Crippen MR) is 118 cm³/mol. The van der Waals surface area contributed by atoms with Gasteiger partial charge in [0.05, 0.1) is 65.2 Å². The molecule has 2 aromatic rings. The van der Waals surface area contributed by atoms with Gasteiger partial charge in [-0.05, 0) is 23.2 Å². The van der Waals surface area contributed by atoms with Crippen molar-refractivity contribution in [2.45, 2.75) is 0 Å². The summed E-state index contributed by atoms with van der Waals surface area (Å²) in [7, 11) is 7.47. The van der Waals surface area contributed by atoms with E-state index in [1.54, 1.807) is 0 Å². The van der Waals surface area contributed by atoms with Crippen molar-refractivity contribution in [1.29, 1.82) is 0 Å². The number of nitrogens with zero attached hydrogens (tertiary/aromatic N) is 6. The molecule has 0 aliphatic carbocycles. The molecular formula is C20H20N6O8. The zero-order valence-corrected chi connectivity index (χ0v) is 19.1. The maximum atomic E-state index is 12.6. The van der Waals surface area contributed by atoms with Crippen LogP contribution in [-0.4, -0.2) is 54.6 Å². The normalized spacial score (nSPS) is 9.71. The zero-order chi connectivity index (χ0) is 25.4.